The van der Waals surface area contributed by atoms with Gasteiger partial charge in [-0.05, 0) is 38.1 Å². The van der Waals surface area contributed by atoms with Gasteiger partial charge in [0.2, 0.25) is 0 Å². The Labute approximate surface area is 132 Å². The van der Waals surface area contributed by atoms with E-state index in [-0.39, 0.29) is 6.04 Å². The second-order valence-corrected chi connectivity index (χ2v) is 6.27. The Morgan fingerprint density at radius 3 is 2.90 bits per heavy atom. The van der Waals surface area contributed by atoms with Gasteiger partial charge in [-0.15, -0.1) is 11.3 Å². The molecule has 2 heterocycles. The van der Waals surface area contributed by atoms with E-state index >= 15 is 0 Å². The maximum absolute atomic E-state index is 6.13. The van der Waals surface area contributed by atoms with Crippen LogP contribution in [0.5, 0.6) is 0 Å². The molecule has 3 rings (SSSR count). The zero-order valence-corrected chi connectivity index (χ0v) is 13.3. The minimum absolute atomic E-state index is 0.0997. The van der Waals surface area contributed by atoms with Gasteiger partial charge in [0.25, 0.3) is 0 Å². The monoisotopic (exact) mass is 318 g/mol. The number of hydrogen-bond acceptors (Lipinski definition) is 4. The van der Waals surface area contributed by atoms with Gasteiger partial charge >= 0.3 is 0 Å². The van der Waals surface area contributed by atoms with Crippen LogP contribution >= 0.6 is 22.9 Å². The normalized spacial score (nSPS) is 12.3. The van der Waals surface area contributed by atoms with E-state index in [9.17, 15) is 0 Å². The van der Waals surface area contributed by atoms with E-state index in [1.807, 2.05) is 42.1 Å². The fraction of sp³-hybridized carbons (Fsp3) is 0.200. The van der Waals surface area contributed by atoms with E-state index in [0.29, 0.717) is 5.02 Å². The van der Waals surface area contributed by atoms with E-state index in [2.05, 4.69) is 27.7 Å². The lowest BCUT2D eigenvalue weighted by Gasteiger charge is -2.17. The van der Waals surface area contributed by atoms with E-state index in [0.717, 1.165) is 22.1 Å². The van der Waals surface area contributed by atoms with Gasteiger partial charge in [0.15, 0.2) is 0 Å². The van der Waals surface area contributed by atoms with Crippen LogP contribution in [0.4, 0.5) is 5.69 Å². The Morgan fingerprint density at radius 1 is 1.38 bits per heavy atom. The van der Waals surface area contributed by atoms with Crippen molar-refractivity contribution >= 4 is 28.6 Å². The molecule has 1 aromatic carbocycles. The second-order valence-electron chi connectivity index (χ2n) is 4.77. The lowest BCUT2D eigenvalue weighted by atomic mass is 10.2. The van der Waals surface area contributed by atoms with Crippen molar-refractivity contribution < 1.29 is 0 Å². The highest BCUT2D eigenvalue weighted by Crippen LogP contribution is 2.28. The number of thiazole rings is 1. The fourth-order valence-corrected chi connectivity index (χ4v) is 3.00. The molecule has 4 nitrogen and oxygen atoms in total. The van der Waals surface area contributed by atoms with E-state index in [4.69, 9.17) is 11.6 Å². The maximum atomic E-state index is 6.13. The molecule has 1 unspecified atom stereocenters. The summed E-state index contributed by atoms with van der Waals surface area (Å²) in [6.45, 7) is 4.09. The summed E-state index contributed by atoms with van der Waals surface area (Å²) in [6.07, 6.45) is 3.66. The molecule has 0 saturated carbocycles. The summed E-state index contributed by atoms with van der Waals surface area (Å²) in [6, 6.07) is 7.72. The SMILES string of the molecule is Cc1nc(C(C)Nc2cc(Cl)ccc2-n2cccn2)cs1. The molecule has 0 amide bonds. The number of halogens is 1. The van der Waals surface area contributed by atoms with Crippen molar-refractivity contribution in [3.8, 4) is 5.69 Å². The maximum Gasteiger partial charge on any atom is 0.0898 e. The largest absolute Gasteiger partial charge is 0.375 e. The average molecular weight is 319 g/mol. The van der Waals surface area contributed by atoms with Crippen molar-refractivity contribution in [3.05, 3.63) is 57.8 Å². The van der Waals surface area contributed by atoms with E-state index in [1.54, 1.807) is 17.5 Å². The summed E-state index contributed by atoms with van der Waals surface area (Å²) in [7, 11) is 0. The number of benzene rings is 1. The van der Waals surface area contributed by atoms with Crippen molar-refractivity contribution in [2.75, 3.05) is 5.32 Å². The van der Waals surface area contributed by atoms with Gasteiger partial charge in [0.1, 0.15) is 0 Å². The Hall–Kier alpha value is -1.85. The Balaban J connectivity index is 1.92. The van der Waals surface area contributed by atoms with Crippen LogP contribution < -0.4 is 5.32 Å². The summed E-state index contributed by atoms with van der Waals surface area (Å²) in [5.74, 6) is 0. The van der Waals surface area contributed by atoms with Crippen molar-refractivity contribution in [3.63, 3.8) is 0 Å². The average Bonchev–Trinajstić information content (AvgIpc) is 3.10. The molecule has 0 aliphatic heterocycles. The molecule has 0 aliphatic rings. The van der Waals surface area contributed by atoms with Crippen LogP contribution in [0.3, 0.4) is 0 Å². The Kier molecular flexibility index (Phi) is 3.94. The number of hydrogen-bond donors (Lipinski definition) is 1. The van der Waals surface area contributed by atoms with Gasteiger partial charge in [-0.25, -0.2) is 9.67 Å². The van der Waals surface area contributed by atoms with Gasteiger partial charge in [0, 0.05) is 22.8 Å². The molecule has 0 saturated heterocycles. The number of aromatic nitrogens is 3. The number of aryl methyl sites for hydroxylation is 1. The van der Waals surface area contributed by atoms with Gasteiger partial charge in [-0.2, -0.15) is 5.10 Å². The molecule has 0 radical (unpaired) electrons. The Bertz CT molecular complexity index is 736. The second kappa shape index (κ2) is 5.87. The van der Waals surface area contributed by atoms with Gasteiger partial charge in [0.05, 0.1) is 28.1 Å². The summed E-state index contributed by atoms with van der Waals surface area (Å²) < 4.78 is 1.82. The van der Waals surface area contributed by atoms with Crippen molar-refractivity contribution in [1.82, 2.24) is 14.8 Å². The van der Waals surface area contributed by atoms with Gasteiger partial charge in [-0.3, -0.25) is 0 Å². The molecule has 0 aliphatic carbocycles. The van der Waals surface area contributed by atoms with Crippen LogP contribution in [0.15, 0.2) is 42.0 Å². The molecule has 1 atom stereocenters. The quantitative estimate of drug-likeness (QED) is 0.772. The first-order chi connectivity index (χ1) is 10.1. The number of nitrogens with zero attached hydrogens (tertiary/aromatic N) is 3. The fourth-order valence-electron chi connectivity index (χ4n) is 2.12. The minimum atomic E-state index is 0.0997. The van der Waals surface area contributed by atoms with Crippen molar-refractivity contribution in [2.45, 2.75) is 19.9 Å². The first kappa shape index (κ1) is 14.1. The predicted octanol–water partition coefficient (Wildman–Crippen LogP) is 4.46. The highest BCUT2D eigenvalue weighted by atomic mass is 35.5. The van der Waals surface area contributed by atoms with Crippen LogP contribution in [0, 0.1) is 6.92 Å². The van der Waals surface area contributed by atoms with Gasteiger partial charge < -0.3 is 5.32 Å². The summed E-state index contributed by atoms with van der Waals surface area (Å²) in [5, 5.41) is 11.6. The first-order valence-electron chi connectivity index (χ1n) is 6.61. The van der Waals surface area contributed by atoms with E-state index in [1.165, 1.54) is 0 Å². The molecule has 0 spiro atoms. The van der Waals surface area contributed by atoms with Crippen LogP contribution in [0.1, 0.15) is 23.7 Å². The summed E-state index contributed by atoms with van der Waals surface area (Å²) >= 11 is 7.78. The smallest absolute Gasteiger partial charge is 0.0898 e. The number of anilines is 1. The summed E-state index contributed by atoms with van der Waals surface area (Å²) in [5.41, 5.74) is 2.93. The Morgan fingerprint density at radius 2 is 2.24 bits per heavy atom. The van der Waals surface area contributed by atoms with Crippen LogP contribution in [-0.4, -0.2) is 14.8 Å². The minimum Gasteiger partial charge on any atom is -0.375 e. The van der Waals surface area contributed by atoms with Gasteiger partial charge in [-0.1, -0.05) is 11.6 Å². The molecule has 0 bridgehead atoms. The van der Waals surface area contributed by atoms with Crippen molar-refractivity contribution in [1.29, 1.82) is 0 Å². The van der Waals surface area contributed by atoms with Crippen molar-refractivity contribution in [2.24, 2.45) is 0 Å². The molecular formula is C15H15ClN4S. The predicted molar refractivity (Wildman–Crippen MR) is 87.5 cm³/mol. The third-order valence-electron chi connectivity index (χ3n) is 3.16. The van der Waals surface area contributed by atoms with Crippen LogP contribution in [0.2, 0.25) is 5.02 Å². The third-order valence-corrected chi connectivity index (χ3v) is 4.19. The standard InChI is InChI=1S/C15H15ClN4S/c1-10(14-9-21-11(2)19-14)18-13-8-12(16)4-5-15(13)20-7-3-6-17-20/h3-10,18H,1-2H3. The molecule has 21 heavy (non-hydrogen) atoms. The zero-order chi connectivity index (χ0) is 14.8. The number of rotatable bonds is 4. The zero-order valence-electron chi connectivity index (χ0n) is 11.7. The molecule has 3 aromatic rings. The highest BCUT2D eigenvalue weighted by molar-refractivity contribution is 7.09. The highest BCUT2D eigenvalue weighted by Gasteiger charge is 2.12. The van der Waals surface area contributed by atoms with Crippen LogP contribution in [-0.2, 0) is 0 Å². The lowest BCUT2D eigenvalue weighted by molar-refractivity contribution is 0.831. The van der Waals surface area contributed by atoms with Crippen LogP contribution in [0.25, 0.3) is 5.69 Å². The molecule has 108 valence electrons. The topological polar surface area (TPSA) is 42.7 Å². The molecule has 6 heteroatoms. The molecule has 1 N–H and O–H groups in total. The third kappa shape index (κ3) is 3.09. The lowest BCUT2D eigenvalue weighted by Crippen LogP contribution is -2.10. The molecule has 0 fully saturated rings. The molecular weight excluding hydrogens is 304 g/mol. The molecule has 2 aromatic heterocycles. The summed E-state index contributed by atoms with van der Waals surface area (Å²) in [4.78, 5) is 4.52. The number of nitrogens with one attached hydrogen (secondary N) is 1. The first-order valence-corrected chi connectivity index (χ1v) is 7.87. The van der Waals surface area contributed by atoms with E-state index < -0.39 is 0 Å².